The van der Waals surface area contributed by atoms with E-state index in [1.165, 1.54) is 51.4 Å². The summed E-state index contributed by atoms with van der Waals surface area (Å²) in [6.07, 6.45) is 16.7. The van der Waals surface area contributed by atoms with Crippen molar-refractivity contribution in [3.8, 4) is 0 Å². The summed E-state index contributed by atoms with van der Waals surface area (Å²) in [4.78, 5) is 0. The SMILES string of the molecule is CCCCCc1cccc2c1CC=CC2CCCCC. The molecule has 0 N–H and O–H groups in total. The van der Waals surface area contributed by atoms with Gasteiger partial charge >= 0.3 is 0 Å². The lowest BCUT2D eigenvalue weighted by Crippen LogP contribution is -2.08. The number of rotatable bonds is 8. The third kappa shape index (κ3) is 3.98. The Morgan fingerprint density at radius 1 is 1.00 bits per heavy atom. The topological polar surface area (TPSA) is 0 Å². The number of allylic oxidation sites excluding steroid dienone is 2. The van der Waals surface area contributed by atoms with Crippen LogP contribution in [0.1, 0.15) is 81.4 Å². The number of hydrogen-bond acceptors (Lipinski definition) is 0. The van der Waals surface area contributed by atoms with Gasteiger partial charge in [0.25, 0.3) is 0 Å². The third-order valence-electron chi connectivity index (χ3n) is 4.57. The summed E-state index contributed by atoms with van der Waals surface area (Å²) in [5.74, 6) is 0.677. The number of benzene rings is 1. The van der Waals surface area contributed by atoms with Crippen LogP contribution in [-0.4, -0.2) is 0 Å². The molecule has 20 heavy (non-hydrogen) atoms. The summed E-state index contributed by atoms with van der Waals surface area (Å²) in [6, 6.07) is 7.02. The molecule has 1 atom stereocenters. The van der Waals surface area contributed by atoms with E-state index in [2.05, 4.69) is 44.2 Å². The van der Waals surface area contributed by atoms with Gasteiger partial charge in [-0.3, -0.25) is 0 Å². The van der Waals surface area contributed by atoms with Gasteiger partial charge in [0.2, 0.25) is 0 Å². The maximum Gasteiger partial charge on any atom is 0.00210 e. The molecular weight excluding hydrogens is 240 g/mol. The molecule has 2 rings (SSSR count). The molecule has 0 aromatic heterocycles. The lowest BCUT2D eigenvalue weighted by Gasteiger charge is -2.23. The minimum absolute atomic E-state index is 0.677. The fraction of sp³-hybridized carbons (Fsp3) is 0.600. The Bertz CT molecular complexity index is 428. The average Bonchev–Trinajstić information content (AvgIpc) is 2.48. The largest absolute Gasteiger partial charge is 0.0835 e. The molecule has 0 radical (unpaired) electrons. The molecule has 0 heteroatoms. The molecule has 110 valence electrons. The zero-order chi connectivity index (χ0) is 14.2. The van der Waals surface area contributed by atoms with Crippen molar-refractivity contribution < 1.29 is 0 Å². The molecule has 1 unspecified atom stereocenters. The molecule has 0 fully saturated rings. The molecule has 1 aromatic rings. The molecule has 1 aromatic carbocycles. The van der Waals surface area contributed by atoms with Gasteiger partial charge in [-0.25, -0.2) is 0 Å². The van der Waals surface area contributed by atoms with Gasteiger partial charge in [-0.05, 0) is 42.4 Å². The van der Waals surface area contributed by atoms with E-state index < -0.39 is 0 Å². The van der Waals surface area contributed by atoms with E-state index in [1.807, 2.05) is 0 Å². The molecular formula is C20H30. The number of aryl methyl sites for hydroxylation is 1. The molecule has 0 saturated carbocycles. The van der Waals surface area contributed by atoms with Crippen LogP contribution in [0.3, 0.4) is 0 Å². The quantitative estimate of drug-likeness (QED) is 0.390. The molecule has 0 aliphatic heterocycles. The second-order valence-electron chi connectivity index (χ2n) is 6.18. The van der Waals surface area contributed by atoms with Crippen molar-refractivity contribution in [3.63, 3.8) is 0 Å². The summed E-state index contributed by atoms with van der Waals surface area (Å²) in [5, 5.41) is 0. The molecule has 0 spiro atoms. The first-order chi connectivity index (χ1) is 9.86. The summed E-state index contributed by atoms with van der Waals surface area (Å²) in [5.41, 5.74) is 4.88. The van der Waals surface area contributed by atoms with E-state index in [0.717, 1.165) is 6.42 Å². The highest BCUT2D eigenvalue weighted by Crippen LogP contribution is 2.33. The van der Waals surface area contributed by atoms with Crippen molar-refractivity contribution in [1.82, 2.24) is 0 Å². The molecule has 0 amide bonds. The van der Waals surface area contributed by atoms with E-state index in [9.17, 15) is 0 Å². The zero-order valence-corrected chi connectivity index (χ0v) is 13.3. The second-order valence-corrected chi connectivity index (χ2v) is 6.18. The van der Waals surface area contributed by atoms with Crippen molar-refractivity contribution in [2.45, 2.75) is 77.6 Å². The number of hydrogen-bond donors (Lipinski definition) is 0. The Morgan fingerprint density at radius 3 is 2.60 bits per heavy atom. The number of unbranched alkanes of at least 4 members (excludes halogenated alkanes) is 4. The Balaban J connectivity index is 2.07. The van der Waals surface area contributed by atoms with E-state index in [1.54, 1.807) is 16.7 Å². The fourth-order valence-electron chi connectivity index (χ4n) is 3.37. The normalized spacial score (nSPS) is 17.2. The van der Waals surface area contributed by atoms with E-state index >= 15 is 0 Å². The van der Waals surface area contributed by atoms with Gasteiger partial charge in [-0.1, -0.05) is 76.3 Å². The van der Waals surface area contributed by atoms with Crippen LogP contribution in [-0.2, 0) is 12.8 Å². The molecule has 1 aliphatic carbocycles. The highest BCUT2D eigenvalue weighted by atomic mass is 14.2. The average molecular weight is 270 g/mol. The summed E-state index contributed by atoms with van der Waals surface area (Å²) >= 11 is 0. The molecule has 0 heterocycles. The highest BCUT2D eigenvalue weighted by Gasteiger charge is 2.17. The lowest BCUT2D eigenvalue weighted by molar-refractivity contribution is 0.619. The first kappa shape index (κ1) is 15.4. The Labute approximate surface area is 125 Å². The van der Waals surface area contributed by atoms with Gasteiger partial charge in [-0.2, -0.15) is 0 Å². The molecule has 0 bridgehead atoms. The van der Waals surface area contributed by atoms with Gasteiger partial charge in [-0.15, -0.1) is 0 Å². The van der Waals surface area contributed by atoms with Gasteiger partial charge in [0.15, 0.2) is 0 Å². The minimum atomic E-state index is 0.677. The predicted molar refractivity (Wildman–Crippen MR) is 89.4 cm³/mol. The van der Waals surface area contributed by atoms with Crippen molar-refractivity contribution in [3.05, 3.63) is 47.0 Å². The summed E-state index contributed by atoms with van der Waals surface area (Å²) in [6.45, 7) is 4.57. The Morgan fingerprint density at radius 2 is 1.80 bits per heavy atom. The molecule has 0 saturated heterocycles. The van der Waals surface area contributed by atoms with Crippen LogP contribution in [0, 0.1) is 0 Å². The van der Waals surface area contributed by atoms with E-state index in [-0.39, 0.29) is 0 Å². The minimum Gasteiger partial charge on any atom is -0.0835 e. The number of fused-ring (bicyclic) bond motifs is 1. The van der Waals surface area contributed by atoms with Gasteiger partial charge in [0, 0.05) is 5.92 Å². The predicted octanol–water partition coefficient (Wildman–Crippen LogP) is 6.20. The van der Waals surface area contributed by atoms with E-state index in [4.69, 9.17) is 0 Å². The fourth-order valence-corrected chi connectivity index (χ4v) is 3.37. The first-order valence-corrected chi connectivity index (χ1v) is 8.64. The second kappa shape index (κ2) is 8.29. The first-order valence-electron chi connectivity index (χ1n) is 8.64. The van der Waals surface area contributed by atoms with Gasteiger partial charge < -0.3 is 0 Å². The van der Waals surface area contributed by atoms with Crippen LogP contribution >= 0.6 is 0 Å². The van der Waals surface area contributed by atoms with Crippen LogP contribution in [0.2, 0.25) is 0 Å². The molecule has 1 aliphatic rings. The van der Waals surface area contributed by atoms with Crippen molar-refractivity contribution in [2.24, 2.45) is 0 Å². The zero-order valence-electron chi connectivity index (χ0n) is 13.3. The summed E-state index contributed by atoms with van der Waals surface area (Å²) in [7, 11) is 0. The van der Waals surface area contributed by atoms with E-state index in [0.29, 0.717) is 5.92 Å². The van der Waals surface area contributed by atoms with Gasteiger partial charge in [0.1, 0.15) is 0 Å². The highest BCUT2D eigenvalue weighted by molar-refractivity contribution is 5.43. The van der Waals surface area contributed by atoms with Crippen molar-refractivity contribution in [2.75, 3.05) is 0 Å². The van der Waals surface area contributed by atoms with Crippen LogP contribution < -0.4 is 0 Å². The lowest BCUT2D eigenvalue weighted by atomic mass is 9.82. The Kier molecular flexibility index (Phi) is 6.36. The Hall–Kier alpha value is -1.04. The third-order valence-corrected chi connectivity index (χ3v) is 4.57. The van der Waals surface area contributed by atoms with Crippen LogP contribution in [0.25, 0.3) is 0 Å². The van der Waals surface area contributed by atoms with Gasteiger partial charge in [0.05, 0.1) is 0 Å². The summed E-state index contributed by atoms with van der Waals surface area (Å²) < 4.78 is 0. The maximum absolute atomic E-state index is 2.45. The maximum atomic E-state index is 2.45. The monoisotopic (exact) mass is 270 g/mol. The van der Waals surface area contributed by atoms with Crippen LogP contribution in [0.5, 0.6) is 0 Å². The van der Waals surface area contributed by atoms with Crippen molar-refractivity contribution >= 4 is 0 Å². The van der Waals surface area contributed by atoms with Crippen LogP contribution in [0.4, 0.5) is 0 Å². The van der Waals surface area contributed by atoms with Crippen molar-refractivity contribution in [1.29, 1.82) is 0 Å². The molecule has 0 nitrogen and oxygen atoms in total. The smallest absolute Gasteiger partial charge is 0.00210 e. The standard InChI is InChI=1S/C20H30/c1-3-5-7-11-17-13-9-16-20-18(12-8-6-4-2)14-10-15-19(17)20/h9-10,13-15,17H,3-8,11-12,16H2,1-2H3. The van der Waals surface area contributed by atoms with Crippen LogP contribution in [0.15, 0.2) is 30.4 Å².